The lowest BCUT2D eigenvalue weighted by Crippen LogP contribution is -2.22. The number of anilines is 1. The number of nitrogens with zero attached hydrogens (tertiary/aromatic N) is 2. The highest BCUT2D eigenvalue weighted by atomic mass is 32.2. The van der Waals surface area contributed by atoms with Gasteiger partial charge in [0.25, 0.3) is 11.1 Å². The van der Waals surface area contributed by atoms with Crippen molar-refractivity contribution in [1.29, 1.82) is 0 Å². The van der Waals surface area contributed by atoms with E-state index in [4.69, 9.17) is 9.15 Å². The van der Waals surface area contributed by atoms with Gasteiger partial charge in [0.15, 0.2) is 0 Å². The third-order valence-corrected chi connectivity index (χ3v) is 4.65. The van der Waals surface area contributed by atoms with Crippen molar-refractivity contribution in [2.45, 2.75) is 18.7 Å². The Morgan fingerprint density at radius 2 is 1.93 bits per heavy atom. The van der Waals surface area contributed by atoms with Crippen LogP contribution in [0.2, 0.25) is 0 Å². The zero-order valence-electron chi connectivity index (χ0n) is 16.0. The van der Waals surface area contributed by atoms with E-state index in [1.54, 1.807) is 31.4 Å². The third-order valence-electron chi connectivity index (χ3n) is 3.83. The molecule has 2 amide bonds. The minimum Gasteiger partial charge on any atom is -0.497 e. The summed E-state index contributed by atoms with van der Waals surface area (Å²) < 4.78 is 10.5. The van der Waals surface area contributed by atoms with E-state index in [0.717, 1.165) is 23.0 Å². The molecule has 0 bridgehead atoms. The number of thioether (sulfide) groups is 1. The van der Waals surface area contributed by atoms with Crippen LogP contribution in [0.3, 0.4) is 0 Å². The Balaban J connectivity index is 1.45. The highest BCUT2D eigenvalue weighted by molar-refractivity contribution is 7.99. The topological polar surface area (TPSA) is 106 Å². The number of rotatable bonds is 8. The zero-order valence-corrected chi connectivity index (χ0v) is 16.8. The minimum absolute atomic E-state index is 0.0912. The first kappa shape index (κ1) is 20.4. The Bertz CT molecular complexity index is 988. The highest BCUT2D eigenvalue weighted by Crippen LogP contribution is 2.17. The van der Waals surface area contributed by atoms with Crippen molar-refractivity contribution in [3.8, 4) is 5.75 Å². The molecule has 9 heteroatoms. The van der Waals surface area contributed by atoms with E-state index in [0.29, 0.717) is 11.3 Å². The van der Waals surface area contributed by atoms with Gasteiger partial charge in [0.2, 0.25) is 11.8 Å². The summed E-state index contributed by atoms with van der Waals surface area (Å²) >= 11 is 1.13. The van der Waals surface area contributed by atoms with E-state index in [9.17, 15) is 9.59 Å². The lowest BCUT2D eigenvalue weighted by molar-refractivity contribution is -0.113. The number of benzene rings is 2. The summed E-state index contributed by atoms with van der Waals surface area (Å²) in [5.74, 6) is 0.624. The van der Waals surface area contributed by atoms with E-state index in [-0.39, 0.29) is 35.2 Å². The molecule has 0 spiro atoms. The van der Waals surface area contributed by atoms with Crippen LogP contribution in [-0.2, 0) is 11.3 Å². The van der Waals surface area contributed by atoms with Gasteiger partial charge >= 0.3 is 0 Å². The second kappa shape index (κ2) is 9.74. The van der Waals surface area contributed by atoms with Crippen LogP contribution in [0.5, 0.6) is 5.75 Å². The van der Waals surface area contributed by atoms with Crippen LogP contribution >= 0.6 is 11.8 Å². The van der Waals surface area contributed by atoms with Gasteiger partial charge in [-0.2, -0.15) is 0 Å². The summed E-state index contributed by atoms with van der Waals surface area (Å²) in [5, 5.41) is 13.5. The maximum Gasteiger partial charge on any atom is 0.277 e. The Labute approximate surface area is 172 Å². The van der Waals surface area contributed by atoms with Crippen molar-refractivity contribution in [2.24, 2.45) is 0 Å². The van der Waals surface area contributed by atoms with E-state index >= 15 is 0 Å². The number of aromatic nitrogens is 2. The van der Waals surface area contributed by atoms with Gasteiger partial charge in [-0.1, -0.05) is 23.9 Å². The Hall–Kier alpha value is -3.33. The number of methoxy groups -OCH3 is 1. The molecule has 0 atom stereocenters. The largest absolute Gasteiger partial charge is 0.497 e. The van der Waals surface area contributed by atoms with Gasteiger partial charge in [-0.15, -0.1) is 10.2 Å². The van der Waals surface area contributed by atoms with Crippen molar-refractivity contribution in [2.75, 3.05) is 18.2 Å². The number of amides is 2. The lowest BCUT2D eigenvalue weighted by atomic mass is 10.2. The molecule has 0 aliphatic carbocycles. The maximum absolute atomic E-state index is 12.1. The summed E-state index contributed by atoms with van der Waals surface area (Å²) in [5.41, 5.74) is 2.30. The van der Waals surface area contributed by atoms with Crippen molar-refractivity contribution in [3.05, 3.63) is 65.5 Å². The molecule has 3 aromatic rings. The summed E-state index contributed by atoms with van der Waals surface area (Å²) in [4.78, 5) is 24.2. The molecular formula is C20H20N4O4S. The molecular weight excluding hydrogens is 392 g/mol. The molecule has 0 fully saturated rings. The smallest absolute Gasteiger partial charge is 0.277 e. The van der Waals surface area contributed by atoms with Crippen LogP contribution in [0.1, 0.15) is 21.8 Å². The van der Waals surface area contributed by atoms with Crippen molar-refractivity contribution < 1.29 is 18.7 Å². The number of nitrogens with one attached hydrogen (secondary N) is 2. The van der Waals surface area contributed by atoms with Gasteiger partial charge in [0.1, 0.15) is 5.75 Å². The third kappa shape index (κ3) is 6.08. The zero-order chi connectivity index (χ0) is 20.6. The maximum atomic E-state index is 12.1. The summed E-state index contributed by atoms with van der Waals surface area (Å²) in [6.07, 6.45) is 0. The Morgan fingerprint density at radius 1 is 1.14 bits per heavy atom. The van der Waals surface area contributed by atoms with Crippen LogP contribution in [0.15, 0.2) is 58.2 Å². The quantitative estimate of drug-likeness (QED) is 0.548. The predicted molar refractivity (Wildman–Crippen MR) is 109 cm³/mol. The Kier molecular flexibility index (Phi) is 6.85. The fourth-order valence-electron chi connectivity index (χ4n) is 2.42. The van der Waals surface area contributed by atoms with E-state index in [1.807, 2.05) is 31.2 Å². The molecule has 1 heterocycles. The van der Waals surface area contributed by atoms with Crippen molar-refractivity contribution >= 4 is 29.3 Å². The second-order valence-electron chi connectivity index (χ2n) is 6.08. The number of aryl methyl sites for hydroxylation is 1. The Morgan fingerprint density at radius 3 is 2.66 bits per heavy atom. The number of hydrogen-bond acceptors (Lipinski definition) is 7. The van der Waals surface area contributed by atoms with Gasteiger partial charge in [-0.25, -0.2) is 0 Å². The molecule has 0 aliphatic rings. The SMILES string of the molecule is COc1ccc(C(=O)NCc2nnc(SCC(=O)Nc3cccc(C)c3)o2)cc1. The van der Waals surface area contributed by atoms with Gasteiger partial charge < -0.3 is 19.8 Å². The first-order valence-corrected chi connectivity index (χ1v) is 9.76. The van der Waals surface area contributed by atoms with Crippen molar-refractivity contribution in [3.63, 3.8) is 0 Å². The first-order valence-electron chi connectivity index (χ1n) is 8.77. The molecule has 2 aromatic carbocycles. The van der Waals surface area contributed by atoms with E-state index < -0.39 is 0 Å². The molecule has 8 nitrogen and oxygen atoms in total. The molecule has 2 N–H and O–H groups in total. The van der Waals surface area contributed by atoms with Crippen LogP contribution in [0.25, 0.3) is 0 Å². The number of carbonyl (C=O) groups excluding carboxylic acids is 2. The molecule has 0 saturated carbocycles. The molecule has 0 aliphatic heterocycles. The normalized spacial score (nSPS) is 10.4. The van der Waals surface area contributed by atoms with Crippen LogP contribution in [0.4, 0.5) is 5.69 Å². The molecule has 0 radical (unpaired) electrons. The summed E-state index contributed by atoms with van der Waals surface area (Å²) in [6.45, 7) is 2.05. The summed E-state index contributed by atoms with van der Waals surface area (Å²) in [6, 6.07) is 14.3. The standard InChI is InChI=1S/C20H20N4O4S/c1-13-4-3-5-15(10-13)22-17(25)12-29-20-24-23-18(28-20)11-21-19(26)14-6-8-16(27-2)9-7-14/h3-10H,11-12H2,1-2H3,(H,21,26)(H,22,25). The molecule has 0 saturated heterocycles. The van der Waals surface area contributed by atoms with E-state index in [2.05, 4.69) is 20.8 Å². The average molecular weight is 412 g/mol. The monoisotopic (exact) mass is 412 g/mol. The number of carbonyl (C=O) groups is 2. The lowest BCUT2D eigenvalue weighted by Gasteiger charge is -2.04. The van der Waals surface area contributed by atoms with Crippen LogP contribution < -0.4 is 15.4 Å². The second-order valence-corrected chi connectivity index (χ2v) is 7.01. The minimum atomic E-state index is -0.266. The first-order chi connectivity index (χ1) is 14.0. The number of hydrogen-bond donors (Lipinski definition) is 2. The van der Waals surface area contributed by atoms with Gasteiger partial charge in [-0.3, -0.25) is 9.59 Å². The van der Waals surface area contributed by atoms with Gasteiger partial charge in [0.05, 0.1) is 19.4 Å². The summed E-state index contributed by atoms with van der Waals surface area (Å²) in [7, 11) is 1.56. The van der Waals surface area contributed by atoms with Gasteiger partial charge in [-0.05, 0) is 48.9 Å². The van der Waals surface area contributed by atoms with Crippen LogP contribution in [-0.4, -0.2) is 34.9 Å². The molecule has 0 unspecified atom stereocenters. The fourth-order valence-corrected chi connectivity index (χ4v) is 3.00. The average Bonchev–Trinajstić information content (AvgIpc) is 3.18. The fraction of sp³-hybridized carbons (Fsp3) is 0.200. The van der Waals surface area contributed by atoms with Gasteiger partial charge in [0, 0.05) is 11.3 Å². The van der Waals surface area contributed by atoms with Crippen LogP contribution in [0, 0.1) is 6.92 Å². The molecule has 150 valence electrons. The number of ether oxygens (including phenoxy) is 1. The highest BCUT2D eigenvalue weighted by Gasteiger charge is 2.12. The molecule has 1 aromatic heterocycles. The predicted octanol–water partition coefficient (Wildman–Crippen LogP) is 3.05. The van der Waals surface area contributed by atoms with Crippen molar-refractivity contribution in [1.82, 2.24) is 15.5 Å². The molecule has 3 rings (SSSR count). The molecule has 29 heavy (non-hydrogen) atoms. The van der Waals surface area contributed by atoms with E-state index in [1.165, 1.54) is 0 Å².